The first-order chi connectivity index (χ1) is 10.3. The van der Waals surface area contributed by atoms with Gasteiger partial charge in [-0.25, -0.2) is 18.0 Å². The minimum Gasteiger partial charge on any atom is -0.337 e. The van der Waals surface area contributed by atoms with Crippen molar-refractivity contribution in [1.29, 1.82) is 0 Å². The van der Waals surface area contributed by atoms with E-state index in [1.54, 1.807) is 0 Å². The topological polar surface area (TPSA) is 53.2 Å². The third kappa shape index (κ3) is 6.34. The van der Waals surface area contributed by atoms with Gasteiger partial charge in [-0.2, -0.15) is 0 Å². The SMILES string of the molecule is CCCCNCCNC(=O)Nc1ccc(F)c(C(C)(F)F)c1. The first-order valence-electron chi connectivity index (χ1n) is 7.28. The summed E-state index contributed by atoms with van der Waals surface area (Å²) in [4.78, 5) is 11.6. The van der Waals surface area contributed by atoms with Crippen LogP contribution in [0.1, 0.15) is 32.3 Å². The first-order valence-corrected chi connectivity index (χ1v) is 7.28. The Hall–Kier alpha value is -1.76. The molecule has 2 amide bonds. The van der Waals surface area contributed by atoms with Crippen LogP contribution in [0.4, 0.5) is 23.7 Å². The summed E-state index contributed by atoms with van der Waals surface area (Å²) in [5, 5.41) is 8.14. The van der Waals surface area contributed by atoms with Crippen molar-refractivity contribution in [3.63, 3.8) is 0 Å². The molecule has 0 spiro atoms. The molecule has 0 radical (unpaired) electrons. The van der Waals surface area contributed by atoms with E-state index in [2.05, 4.69) is 22.9 Å². The Kier molecular flexibility index (Phi) is 7.17. The van der Waals surface area contributed by atoms with Crippen LogP contribution in [0, 0.1) is 5.82 Å². The Morgan fingerprint density at radius 3 is 2.59 bits per heavy atom. The van der Waals surface area contributed by atoms with Crippen LogP contribution in [0.25, 0.3) is 0 Å². The van der Waals surface area contributed by atoms with Gasteiger partial charge in [-0.15, -0.1) is 0 Å². The van der Waals surface area contributed by atoms with E-state index in [1.807, 2.05) is 0 Å². The maximum Gasteiger partial charge on any atom is 0.319 e. The average molecular weight is 317 g/mol. The molecule has 0 fully saturated rings. The van der Waals surface area contributed by atoms with Crippen LogP contribution in [-0.4, -0.2) is 25.7 Å². The van der Waals surface area contributed by atoms with Gasteiger partial charge in [0.1, 0.15) is 5.82 Å². The second-order valence-electron chi connectivity index (χ2n) is 5.07. The number of unbranched alkanes of at least 4 members (excludes halogenated alkanes) is 1. The summed E-state index contributed by atoms with van der Waals surface area (Å²) in [7, 11) is 0. The lowest BCUT2D eigenvalue weighted by atomic mass is 10.1. The molecule has 1 aromatic rings. The van der Waals surface area contributed by atoms with E-state index in [0.29, 0.717) is 20.0 Å². The lowest BCUT2D eigenvalue weighted by Gasteiger charge is -2.14. The van der Waals surface area contributed by atoms with Crippen molar-refractivity contribution in [3.8, 4) is 0 Å². The maximum atomic E-state index is 13.3. The van der Waals surface area contributed by atoms with Crippen LogP contribution in [0.15, 0.2) is 18.2 Å². The fraction of sp³-hybridized carbons (Fsp3) is 0.533. The molecule has 7 heteroatoms. The van der Waals surface area contributed by atoms with Gasteiger partial charge in [-0.05, 0) is 31.2 Å². The van der Waals surface area contributed by atoms with E-state index < -0.39 is 23.3 Å². The van der Waals surface area contributed by atoms with E-state index in [-0.39, 0.29) is 5.69 Å². The summed E-state index contributed by atoms with van der Waals surface area (Å²) >= 11 is 0. The van der Waals surface area contributed by atoms with Crippen LogP contribution in [0.2, 0.25) is 0 Å². The molecule has 0 aliphatic heterocycles. The van der Waals surface area contributed by atoms with Crippen molar-refractivity contribution >= 4 is 11.7 Å². The van der Waals surface area contributed by atoms with Crippen molar-refractivity contribution in [2.75, 3.05) is 25.0 Å². The number of carbonyl (C=O) groups excluding carboxylic acids is 1. The summed E-state index contributed by atoms with van der Waals surface area (Å²) in [6.45, 7) is 4.61. The van der Waals surface area contributed by atoms with Crippen LogP contribution >= 0.6 is 0 Å². The number of halogens is 3. The summed E-state index contributed by atoms with van der Waals surface area (Å²) in [5.41, 5.74) is -0.624. The van der Waals surface area contributed by atoms with Gasteiger partial charge in [-0.1, -0.05) is 13.3 Å². The zero-order valence-electron chi connectivity index (χ0n) is 12.8. The van der Waals surface area contributed by atoms with E-state index >= 15 is 0 Å². The number of hydrogen-bond acceptors (Lipinski definition) is 2. The number of anilines is 1. The molecule has 1 aromatic carbocycles. The smallest absolute Gasteiger partial charge is 0.319 e. The van der Waals surface area contributed by atoms with Gasteiger partial charge in [0.25, 0.3) is 5.92 Å². The molecule has 0 unspecified atom stereocenters. The lowest BCUT2D eigenvalue weighted by Crippen LogP contribution is -2.35. The van der Waals surface area contributed by atoms with E-state index in [0.717, 1.165) is 31.5 Å². The number of benzene rings is 1. The molecule has 124 valence electrons. The summed E-state index contributed by atoms with van der Waals surface area (Å²) < 4.78 is 39.7. The molecule has 0 heterocycles. The van der Waals surface area contributed by atoms with Crippen LogP contribution in [0.5, 0.6) is 0 Å². The molecule has 0 aliphatic rings. The Balaban J connectivity index is 2.45. The number of rotatable bonds is 8. The third-order valence-corrected chi connectivity index (χ3v) is 2.99. The standard InChI is InChI=1S/C15H22F3N3O/c1-3-4-7-19-8-9-20-14(22)21-11-5-6-13(16)12(10-11)15(2,17)18/h5-6,10,19H,3-4,7-9H2,1-2H3,(H2,20,21,22). The number of alkyl halides is 2. The molecule has 0 saturated heterocycles. The van der Waals surface area contributed by atoms with Crippen molar-refractivity contribution in [3.05, 3.63) is 29.6 Å². The average Bonchev–Trinajstić information content (AvgIpc) is 2.43. The predicted octanol–water partition coefficient (Wildman–Crippen LogP) is 3.45. The largest absolute Gasteiger partial charge is 0.337 e. The molecule has 0 aromatic heterocycles. The minimum absolute atomic E-state index is 0.120. The molecule has 0 atom stereocenters. The molecular weight excluding hydrogens is 295 g/mol. The van der Waals surface area contributed by atoms with Gasteiger partial charge in [0.2, 0.25) is 0 Å². The zero-order chi connectivity index (χ0) is 16.6. The molecule has 4 nitrogen and oxygen atoms in total. The number of hydrogen-bond donors (Lipinski definition) is 3. The van der Waals surface area contributed by atoms with Gasteiger partial charge >= 0.3 is 6.03 Å². The van der Waals surface area contributed by atoms with Gasteiger partial charge in [0.05, 0.1) is 5.56 Å². The second kappa shape index (κ2) is 8.63. The number of urea groups is 1. The third-order valence-electron chi connectivity index (χ3n) is 2.99. The zero-order valence-corrected chi connectivity index (χ0v) is 12.8. The van der Waals surface area contributed by atoms with Gasteiger partial charge in [0.15, 0.2) is 0 Å². The molecular formula is C15H22F3N3O. The van der Waals surface area contributed by atoms with Crippen LogP contribution in [0.3, 0.4) is 0 Å². The lowest BCUT2D eigenvalue weighted by molar-refractivity contribution is 0.0138. The van der Waals surface area contributed by atoms with Gasteiger partial charge in [0, 0.05) is 25.7 Å². The van der Waals surface area contributed by atoms with Crippen molar-refractivity contribution in [1.82, 2.24) is 10.6 Å². The highest BCUT2D eigenvalue weighted by Gasteiger charge is 2.28. The molecule has 0 bridgehead atoms. The highest BCUT2D eigenvalue weighted by Crippen LogP contribution is 2.31. The van der Waals surface area contributed by atoms with Crippen molar-refractivity contribution in [2.45, 2.75) is 32.6 Å². The van der Waals surface area contributed by atoms with Crippen molar-refractivity contribution in [2.24, 2.45) is 0 Å². The second-order valence-corrected chi connectivity index (χ2v) is 5.07. The van der Waals surface area contributed by atoms with Crippen LogP contribution in [-0.2, 0) is 5.92 Å². The van der Waals surface area contributed by atoms with Crippen LogP contribution < -0.4 is 16.0 Å². The highest BCUT2D eigenvalue weighted by molar-refractivity contribution is 5.89. The first kappa shape index (κ1) is 18.3. The summed E-state index contributed by atoms with van der Waals surface area (Å²) in [5.74, 6) is -4.31. The van der Waals surface area contributed by atoms with Crippen molar-refractivity contribution < 1.29 is 18.0 Å². The monoisotopic (exact) mass is 317 g/mol. The number of nitrogens with one attached hydrogen (secondary N) is 3. The maximum absolute atomic E-state index is 13.3. The molecule has 22 heavy (non-hydrogen) atoms. The fourth-order valence-electron chi connectivity index (χ4n) is 1.81. The van der Waals surface area contributed by atoms with E-state index in [1.165, 1.54) is 6.07 Å². The fourth-order valence-corrected chi connectivity index (χ4v) is 1.81. The van der Waals surface area contributed by atoms with E-state index in [9.17, 15) is 18.0 Å². The molecule has 3 N–H and O–H groups in total. The Morgan fingerprint density at radius 2 is 1.95 bits per heavy atom. The molecule has 1 rings (SSSR count). The van der Waals surface area contributed by atoms with Gasteiger partial charge in [-0.3, -0.25) is 0 Å². The molecule has 0 saturated carbocycles. The quantitative estimate of drug-likeness (QED) is 0.643. The Bertz CT molecular complexity index is 489. The van der Waals surface area contributed by atoms with E-state index in [4.69, 9.17) is 0 Å². The number of carbonyl (C=O) groups is 1. The minimum atomic E-state index is -3.30. The summed E-state index contributed by atoms with van der Waals surface area (Å²) in [6.07, 6.45) is 2.16. The van der Waals surface area contributed by atoms with Gasteiger partial charge < -0.3 is 16.0 Å². The Morgan fingerprint density at radius 1 is 1.23 bits per heavy atom. The highest BCUT2D eigenvalue weighted by atomic mass is 19.3. The Labute approximate surface area is 128 Å². The number of amides is 2. The summed E-state index contributed by atoms with van der Waals surface area (Å²) in [6, 6.07) is 2.57. The normalized spacial score (nSPS) is 11.3. The predicted molar refractivity (Wildman–Crippen MR) is 80.8 cm³/mol. The molecule has 0 aliphatic carbocycles.